The van der Waals surface area contributed by atoms with Gasteiger partial charge >= 0.3 is 12.1 Å². The molecule has 2 fully saturated rings. The van der Waals surface area contributed by atoms with Crippen molar-refractivity contribution in [3.63, 3.8) is 0 Å². The molecule has 166 valence electrons. The Labute approximate surface area is 167 Å². The molecule has 8 nitrogen and oxygen atoms in total. The zero-order chi connectivity index (χ0) is 22.0. The molecule has 0 radical (unpaired) electrons. The van der Waals surface area contributed by atoms with Gasteiger partial charge in [-0.1, -0.05) is 0 Å². The number of nitrogens with zero attached hydrogens (tertiary/aromatic N) is 3. The first-order valence-electron chi connectivity index (χ1n) is 9.14. The lowest BCUT2D eigenvalue weighted by molar-refractivity contribution is -0.192. The van der Waals surface area contributed by atoms with E-state index in [0.29, 0.717) is 32.1 Å². The van der Waals surface area contributed by atoms with Gasteiger partial charge in [0.05, 0.1) is 23.7 Å². The summed E-state index contributed by atoms with van der Waals surface area (Å²) >= 11 is 0. The number of sulfone groups is 1. The van der Waals surface area contributed by atoms with Crippen LogP contribution in [0.25, 0.3) is 0 Å². The standard InChI is InChI=1S/C15H25N3O3S.C2HF3O2/c1-4-21-9-13-5-6-22(19,20)15(13)10-18(11-15)8-14-7-12(2)16-17(14)3;3-2(4,5)1(6)7/h7,13H,4-6,8-11H2,1-3H3;(H,6,7). The highest BCUT2D eigenvalue weighted by Gasteiger charge is 2.61. The van der Waals surface area contributed by atoms with Crippen molar-refractivity contribution in [2.75, 3.05) is 32.1 Å². The Bertz CT molecular complexity index is 832. The molecule has 0 bridgehead atoms. The summed E-state index contributed by atoms with van der Waals surface area (Å²) in [5.74, 6) is -2.31. The Morgan fingerprint density at radius 1 is 1.41 bits per heavy atom. The Morgan fingerprint density at radius 3 is 2.45 bits per heavy atom. The first kappa shape index (κ1) is 23.6. The van der Waals surface area contributed by atoms with Gasteiger partial charge in [-0.3, -0.25) is 9.58 Å². The Morgan fingerprint density at radius 2 is 2.00 bits per heavy atom. The fourth-order valence-corrected chi connectivity index (χ4v) is 6.29. The summed E-state index contributed by atoms with van der Waals surface area (Å²) in [6.45, 7) is 7.14. The summed E-state index contributed by atoms with van der Waals surface area (Å²) in [6.07, 6.45) is -4.35. The molecule has 1 aromatic rings. The van der Waals surface area contributed by atoms with Crippen LogP contribution in [0.4, 0.5) is 13.2 Å². The van der Waals surface area contributed by atoms with E-state index in [1.165, 1.54) is 0 Å². The lowest BCUT2D eigenvalue weighted by atomic mass is 9.83. The number of aromatic nitrogens is 2. The van der Waals surface area contributed by atoms with Crippen LogP contribution >= 0.6 is 0 Å². The summed E-state index contributed by atoms with van der Waals surface area (Å²) < 4.78 is 63.6. The third-order valence-corrected chi connectivity index (χ3v) is 7.93. The molecule has 1 unspecified atom stereocenters. The van der Waals surface area contributed by atoms with E-state index in [9.17, 15) is 21.6 Å². The lowest BCUT2D eigenvalue weighted by Gasteiger charge is -2.50. The number of rotatable bonds is 5. The first-order valence-corrected chi connectivity index (χ1v) is 10.8. The van der Waals surface area contributed by atoms with Crippen LogP contribution in [0.1, 0.15) is 24.7 Å². The molecule has 2 saturated heterocycles. The number of alkyl halides is 3. The summed E-state index contributed by atoms with van der Waals surface area (Å²) in [4.78, 5) is 11.1. The van der Waals surface area contributed by atoms with Crippen molar-refractivity contribution in [2.24, 2.45) is 13.0 Å². The number of carboxylic acid groups (broad SMARTS) is 1. The van der Waals surface area contributed by atoms with Crippen LogP contribution < -0.4 is 0 Å². The van der Waals surface area contributed by atoms with Crippen LogP contribution in [0.15, 0.2) is 6.07 Å². The molecule has 12 heteroatoms. The van der Waals surface area contributed by atoms with E-state index in [0.717, 1.165) is 24.4 Å². The molecule has 1 aromatic heterocycles. The summed E-state index contributed by atoms with van der Waals surface area (Å²) in [7, 11) is -1.07. The van der Waals surface area contributed by atoms with Gasteiger partial charge in [0.25, 0.3) is 0 Å². The third-order valence-electron chi connectivity index (χ3n) is 5.33. The first-order chi connectivity index (χ1) is 13.3. The third kappa shape index (κ3) is 5.10. The molecule has 0 saturated carbocycles. The predicted molar refractivity (Wildman–Crippen MR) is 98.0 cm³/mol. The van der Waals surface area contributed by atoms with Gasteiger partial charge in [0.2, 0.25) is 0 Å². The SMILES string of the molecule is CCOCC1CCS(=O)(=O)C12CN(Cc1cc(C)nn1C)C2.O=C(O)C(F)(F)F. The second-order valence-corrected chi connectivity index (χ2v) is 9.83. The summed E-state index contributed by atoms with van der Waals surface area (Å²) in [6, 6.07) is 2.06. The van der Waals surface area contributed by atoms with Gasteiger partial charge in [0, 0.05) is 39.2 Å². The van der Waals surface area contributed by atoms with Crippen molar-refractivity contribution in [1.29, 1.82) is 0 Å². The van der Waals surface area contributed by atoms with Crippen LogP contribution in [-0.2, 0) is 33.0 Å². The molecule has 2 aliphatic heterocycles. The van der Waals surface area contributed by atoms with E-state index in [4.69, 9.17) is 14.6 Å². The number of carbonyl (C=O) groups is 1. The maximum absolute atomic E-state index is 12.5. The van der Waals surface area contributed by atoms with E-state index in [1.807, 2.05) is 25.6 Å². The quantitative estimate of drug-likeness (QED) is 0.737. The zero-order valence-corrected chi connectivity index (χ0v) is 17.4. The van der Waals surface area contributed by atoms with Crippen molar-refractivity contribution >= 4 is 15.8 Å². The van der Waals surface area contributed by atoms with Gasteiger partial charge in [-0.15, -0.1) is 0 Å². The van der Waals surface area contributed by atoms with Crippen molar-refractivity contribution in [3.05, 3.63) is 17.5 Å². The molecule has 0 aliphatic carbocycles. The van der Waals surface area contributed by atoms with Crippen molar-refractivity contribution < 1.29 is 36.2 Å². The van der Waals surface area contributed by atoms with Gasteiger partial charge in [-0.25, -0.2) is 13.2 Å². The van der Waals surface area contributed by atoms with Crippen molar-refractivity contribution in [3.8, 4) is 0 Å². The fourth-order valence-electron chi connectivity index (χ4n) is 3.83. The maximum Gasteiger partial charge on any atom is 0.490 e. The Balaban J connectivity index is 0.000000370. The van der Waals surface area contributed by atoms with Gasteiger partial charge in [0.1, 0.15) is 4.75 Å². The average Bonchev–Trinajstić information content (AvgIpc) is 3.01. The highest BCUT2D eigenvalue weighted by atomic mass is 32.2. The number of carboxylic acids is 1. The number of hydrogen-bond acceptors (Lipinski definition) is 6. The van der Waals surface area contributed by atoms with Crippen LogP contribution in [-0.4, -0.2) is 77.2 Å². The average molecular weight is 441 g/mol. The largest absolute Gasteiger partial charge is 0.490 e. The van der Waals surface area contributed by atoms with Crippen molar-refractivity contribution in [2.45, 2.75) is 37.7 Å². The molecular weight excluding hydrogens is 415 g/mol. The summed E-state index contributed by atoms with van der Waals surface area (Å²) in [5, 5.41) is 11.5. The zero-order valence-electron chi connectivity index (χ0n) is 16.6. The fraction of sp³-hybridized carbons (Fsp3) is 0.765. The molecular formula is C17H26F3N3O5S. The van der Waals surface area contributed by atoms with E-state index < -0.39 is 26.7 Å². The number of hydrogen-bond donors (Lipinski definition) is 1. The highest BCUT2D eigenvalue weighted by Crippen LogP contribution is 2.45. The Hall–Kier alpha value is -1.66. The van der Waals surface area contributed by atoms with Crippen molar-refractivity contribution in [1.82, 2.24) is 14.7 Å². The minimum atomic E-state index is -5.08. The molecule has 1 atom stereocenters. The van der Waals surface area contributed by atoms with Gasteiger partial charge in [-0.05, 0) is 26.3 Å². The molecule has 2 aliphatic rings. The maximum atomic E-state index is 12.5. The monoisotopic (exact) mass is 441 g/mol. The van der Waals surface area contributed by atoms with E-state index >= 15 is 0 Å². The minimum absolute atomic E-state index is 0.141. The second-order valence-electron chi connectivity index (χ2n) is 7.38. The number of aliphatic carboxylic acids is 1. The molecule has 3 heterocycles. The molecule has 1 spiro atoms. The predicted octanol–water partition coefficient (Wildman–Crippen LogP) is 1.39. The van der Waals surface area contributed by atoms with Crippen LogP contribution in [0.2, 0.25) is 0 Å². The molecule has 3 rings (SSSR count). The second kappa shape index (κ2) is 8.60. The lowest BCUT2D eigenvalue weighted by Crippen LogP contribution is -2.67. The van der Waals surface area contributed by atoms with Crippen LogP contribution in [0.3, 0.4) is 0 Å². The number of halogens is 3. The number of ether oxygens (including phenoxy) is 1. The minimum Gasteiger partial charge on any atom is -0.475 e. The molecule has 0 amide bonds. The molecule has 1 N–H and O–H groups in total. The number of likely N-dealkylation sites (tertiary alicyclic amines) is 1. The van der Waals surface area contributed by atoms with E-state index in [2.05, 4.69) is 16.1 Å². The van der Waals surface area contributed by atoms with E-state index in [1.54, 1.807) is 0 Å². The van der Waals surface area contributed by atoms with Gasteiger partial charge in [0.15, 0.2) is 9.84 Å². The normalized spacial score (nSPS) is 22.8. The molecule has 29 heavy (non-hydrogen) atoms. The van der Waals surface area contributed by atoms with Crippen LogP contribution in [0, 0.1) is 12.8 Å². The molecule has 0 aromatic carbocycles. The highest BCUT2D eigenvalue weighted by molar-refractivity contribution is 7.93. The van der Waals surface area contributed by atoms with Crippen LogP contribution in [0.5, 0.6) is 0 Å². The number of aryl methyl sites for hydroxylation is 2. The summed E-state index contributed by atoms with van der Waals surface area (Å²) in [5.41, 5.74) is 2.12. The topological polar surface area (TPSA) is 102 Å². The smallest absolute Gasteiger partial charge is 0.475 e. The van der Waals surface area contributed by atoms with E-state index in [-0.39, 0.29) is 5.92 Å². The Kier molecular flexibility index (Phi) is 7.01. The van der Waals surface area contributed by atoms with Gasteiger partial charge < -0.3 is 9.84 Å². The van der Waals surface area contributed by atoms with Gasteiger partial charge in [-0.2, -0.15) is 18.3 Å².